The van der Waals surface area contributed by atoms with Crippen LogP contribution in [0.5, 0.6) is 0 Å². The van der Waals surface area contributed by atoms with Crippen LogP contribution in [0.3, 0.4) is 0 Å². The van der Waals surface area contributed by atoms with Gasteiger partial charge in [0.05, 0.1) is 12.3 Å². The quantitative estimate of drug-likeness (QED) is 0.669. The molecule has 2 fully saturated rings. The predicted octanol–water partition coefficient (Wildman–Crippen LogP) is 1.66. The topological polar surface area (TPSA) is 92.4 Å². The molecule has 2 saturated carbocycles. The highest BCUT2D eigenvalue weighted by Gasteiger charge is 2.40. The van der Waals surface area contributed by atoms with Crippen LogP contribution in [-0.4, -0.2) is 29.6 Å². The van der Waals surface area contributed by atoms with Crippen molar-refractivity contribution >= 4 is 11.9 Å². The summed E-state index contributed by atoms with van der Waals surface area (Å²) in [6.45, 7) is 0.487. The molecule has 0 aliphatic heterocycles. The zero-order valence-corrected chi connectivity index (χ0v) is 12.1. The van der Waals surface area contributed by atoms with Crippen LogP contribution < -0.4 is 11.1 Å². The van der Waals surface area contributed by atoms with E-state index in [1.165, 1.54) is 0 Å². The summed E-state index contributed by atoms with van der Waals surface area (Å²) >= 11 is 0. The number of carbonyl (C=O) groups excluding carboxylic acids is 1. The Morgan fingerprint density at radius 1 is 1.15 bits per heavy atom. The fourth-order valence-electron chi connectivity index (χ4n) is 3.48. The zero-order chi connectivity index (χ0) is 14.6. The van der Waals surface area contributed by atoms with Crippen LogP contribution in [0, 0.1) is 11.3 Å². The van der Waals surface area contributed by atoms with Crippen molar-refractivity contribution in [3.05, 3.63) is 0 Å². The van der Waals surface area contributed by atoms with E-state index >= 15 is 0 Å². The van der Waals surface area contributed by atoms with E-state index in [-0.39, 0.29) is 29.7 Å². The SMILES string of the molecule is NC1CCCCCC1C(=O)NCC1(CC(=O)O)CCC1. The van der Waals surface area contributed by atoms with Gasteiger partial charge in [0.2, 0.25) is 5.91 Å². The standard InChI is InChI=1S/C15H26N2O3/c16-12-6-3-1-2-5-11(12)14(20)17-10-15(7-4-8-15)9-13(18)19/h11-12H,1-10,16H2,(H,17,20)(H,18,19). The number of carbonyl (C=O) groups is 2. The fraction of sp³-hybridized carbons (Fsp3) is 0.867. The van der Waals surface area contributed by atoms with E-state index in [4.69, 9.17) is 10.8 Å². The Morgan fingerprint density at radius 2 is 1.85 bits per heavy atom. The smallest absolute Gasteiger partial charge is 0.303 e. The zero-order valence-electron chi connectivity index (χ0n) is 12.1. The largest absolute Gasteiger partial charge is 0.481 e. The molecule has 2 rings (SSSR count). The maximum absolute atomic E-state index is 12.3. The highest BCUT2D eigenvalue weighted by atomic mass is 16.4. The molecule has 0 aromatic heterocycles. The van der Waals surface area contributed by atoms with Crippen LogP contribution >= 0.6 is 0 Å². The van der Waals surface area contributed by atoms with Crippen molar-refractivity contribution in [1.82, 2.24) is 5.32 Å². The predicted molar refractivity (Wildman–Crippen MR) is 76.1 cm³/mol. The molecule has 20 heavy (non-hydrogen) atoms. The molecule has 0 heterocycles. The van der Waals surface area contributed by atoms with Crippen LogP contribution in [0.2, 0.25) is 0 Å². The molecule has 0 saturated heterocycles. The second kappa shape index (κ2) is 6.57. The lowest BCUT2D eigenvalue weighted by Gasteiger charge is -2.41. The van der Waals surface area contributed by atoms with E-state index in [0.29, 0.717) is 6.54 Å². The van der Waals surface area contributed by atoms with Crippen molar-refractivity contribution in [2.75, 3.05) is 6.54 Å². The van der Waals surface area contributed by atoms with Gasteiger partial charge >= 0.3 is 5.97 Å². The molecule has 2 aliphatic rings. The van der Waals surface area contributed by atoms with Gasteiger partial charge in [0, 0.05) is 12.6 Å². The molecule has 4 N–H and O–H groups in total. The van der Waals surface area contributed by atoms with Crippen molar-refractivity contribution in [1.29, 1.82) is 0 Å². The molecular weight excluding hydrogens is 256 g/mol. The molecule has 2 aliphatic carbocycles. The Hall–Kier alpha value is -1.10. The molecule has 0 aromatic carbocycles. The van der Waals surface area contributed by atoms with Crippen molar-refractivity contribution in [2.45, 2.75) is 63.8 Å². The first-order chi connectivity index (χ1) is 9.52. The summed E-state index contributed by atoms with van der Waals surface area (Å²) in [6.07, 6.45) is 8.11. The number of hydrogen-bond donors (Lipinski definition) is 3. The van der Waals surface area contributed by atoms with E-state index in [2.05, 4.69) is 5.32 Å². The van der Waals surface area contributed by atoms with Crippen molar-refractivity contribution in [3.8, 4) is 0 Å². The maximum atomic E-state index is 12.3. The molecule has 2 unspecified atom stereocenters. The van der Waals surface area contributed by atoms with Crippen LogP contribution in [0.4, 0.5) is 0 Å². The summed E-state index contributed by atoms with van der Waals surface area (Å²) in [6, 6.07) is -0.0469. The van der Waals surface area contributed by atoms with Crippen LogP contribution in [0.25, 0.3) is 0 Å². The van der Waals surface area contributed by atoms with Gasteiger partial charge in [0.15, 0.2) is 0 Å². The number of hydrogen-bond acceptors (Lipinski definition) is 3. The Labute approximate surface area is 120 Å². The minimum Gasteiger partial charge on any atom is -0.481 e. The molecule has 0 bridgehead atoms. The van der Waals surface area contributed by atoms with Crippen molar-refractivity contribution in [3.63, 3.8) is 0 Å². The lowest BCUT2D eigenvalue weighted by molar-refractivity contribution is -0.142. The van der Waals surface area contributed by atoms with Gasteiger partial charge in [-0.05, 0) is 31.1 Å². The summed E-state index contributed by atoms with van der Waals surface area (Å²) < 4.78 is 0. The lowest BCUT2D eigenvalue weighted by Crippen LogP contribution is -2.48. The third-order valence-corrected chi connectivity index (χ3v) is 4.98. The Kier molecular flexibility index (Phi) is 5.02. The minimum atomic E-state index is -0.773. The normalized spacial score (nSPS) is 29.1. The molecule has 0 aromatic rings. The van der Waals surface area contributed by atoms with Gasteiger partial charge in [-0.2, -0.15) is 0 Å². The number of carboxylic acid groups (broad SMARTS) is 1. The molecule has 114 valence electrons. The number of nitrogens with two attached hydrogens (primary N) is 1. The number of nitrogens with one attached hydrogen (secondary N) is 1. The fourth-order valence-corrected chi connectivity index (χ4v) is 3.48. The van der Waals surface area contributed by atoms with Gasteiger partial charge in [0.1, 0.15) is 0 Å². The lowest BCUT2D eigenvalue weighted by atomic mass is 9.66. The summed E-state index contributed by atoms with van der Waals surface area (Å²) in [5, 5.41) is 12.0. The number of carboxylic acids is 1. The molecule has 5 nitrogen and oxygen atoms in total. The number of rotatable bonds is 5. The Bertz CT molecular complexity index is 366. The summed E-state index contributed by atoms with van der Waals surface area (Å²) in [5.74, 6) is -0.847. The Balaban J connectivity index is 1.85. The van der Waals surface area contributed by atoms with Gasteiger partial charge in [-0.15, -0.1) is 0 Å². The van der Waals surface area contributed by atoms with Crippen LogP contribution in [0.1, 0.15) is 57.8 Å². The first kappa shape index (κ1) is 15.3. The van der Waals surface area contributed by atoms with Gasteiger partial charge in [-0.25, -0.2) is 0 Å². The third-order valence-electron chi connectivity index (χ3n) is 4.98. The molecular formula is C15H26N2O3. The number of amides is 1. The van der Waals surface area contributed by atoms with E-state index in [9.17, 15) is 9.59 Å². The number of aliphatic carboxylic acids is 1. The minimum absolute atomic E-state index is 0.0241. The van der Waals surface area contributed by atoms with Crippen molar-refractivity contribution in [2.24, 2.45) is 17.1 Å². The average Bonchev–Trinajstić information content (AvgIpc) is 2.56. The first-order valence-corrected chi connectivity index (χ1v) is 7.78. The summed E-state index contributed by atoms with van der Waals surface area (Å²) in [4.78, 5) is 23.2. The van der Waals surface area contributed by atoms with E-state index in [1.54, 1.807) is 0 Å². The maximum Gasteiger partial charge on any atom is 0.303 e. The van der Waals surface area contributed by atoms with E-state index in [1.807, 2.05) is 0 Å². The second-order valence-electron chi connectivity index (χ2n) is 6.55. The Morgan fingerprint density at radius 3 is 2.45 bits per heavy atom. The highest BCUT2D eigenvalue weighted by Crippen LogP contribution is 2.43. The molecule has 5 heteroatoms. The summed E-state index contributed by atoms with van der Waals surface area (Å²) in [7, 11) is 0. The monoisotopic (exact) mass is 282 g/mol. The summed E-state index contributed by atoms with van der Waals surface area (Å²) in [5.41, 5.74) is 5.88. The van der Waals surface area contributed by atoms with E-state index in [0.717, 1.165) is 51.4 Å². The third kappa shape index (κ3) is 3.72. The molecule has 0 radical (unpaired) electrons. The molecule has 1 amide bonds. The molecule has 2 atom stereocenters. The van der Waals surface area contributed by atoms with Gasteiger partial charge in [-0.3, -0.25) is 9.59 Å². The highest BCUT2D eigenvalue weighted by molar-refractivity contribution is 5.79. The second-order valence-corrected chi connectivity index (χ2v) is 6.55. The van der Waals surface area contributed by atoms with Crippen LogP contribution in [0.15, 0.2) is 0 Å². The van der Waals surface area contributed by atoms with E-state index < -0.39 is 5.97 Å². The van der Waals surface area contributed by atoms with Crippen molar-refractivity contribution < 1.29 is 14.7 Å². The molecule has 0 spiro atoms. The van der Waals surface area contributed by atoms with Gasteiger partial charge in [0.25, 0.3) is 0 Å². The average molecular weight is 282 g/mol. The first-order valence-electron chi connectivity index (χ1n) is 7.78. The van der Waals surface area contributed by atoms with Gasteiger partial charge in [-0.1, -0.05) is 25.7 Å². The van der Waals surface area contributed by atoms with Gasteiger partial charge < -0.3 is 16.2 Å². The van der Waals surface area contributed by atoms with Crippen LogP contribution in [-0.2, 0) is 9.59 Å².